The van der Waals surface area contributed by atoms with Gasteiger partial charge in [0.2, 0.25) is 0 Å². The van der Waals surface area contributed by atoms with Crippen LogP contribution in [-0.4, -0.2) is 5.91 Å². The largest absolute Gasteiger partial charge is 0.416 e. The molecule has 1 N–H and O–H groups in total. The smallest absolute Gasteiger partial charge is 0.347 e. The maximum absolute atomic E-state index is 12.6. The molecule has 0 aliphatic heterocycles. The number of hydrogen-bond donors (Lipinski definition) is 1. The van der Waals surface area contributed by atoms with Crippen molar-refractivity contribution in [2.45, 2.75) is 26.6 Å². The first-order valence-electron chi connectivity index (χ1n) is 6.29. The van der Waals surface area contributed by atoms with Crippen LogP contribution in [0.2, 0.25) is 0 Å². The quantitative estimate of drug-likeness (QED) is 0.898. The standard InChI is InChI=1S/C15H14F3NOS/c1-9-6-10(2)21-13(9)14(20)19-8-11-4-3-5-12(7-11)15(16,17)18/h3-7H,8H2,1-2H3,(H,19,20). The summed E-state index contributed by atoms with van der Waals surface area (Å²) >= 11 is 1.37. The average Bonchev–Trinajstić information content (AvgIpc) is 2.74. The molecule has 0 unspecified atom stereocenters. The van der Waals surface area contributed by atoms with Crippen LogP contribution in [0.25, 0.3) is 0 Å². The summed E-state index contributed by atoms with van der Waals surface area (Å²) in [5.41, 5.74) is 0.584. The summed E-state index contributed by atoms with van der Waals surface area (Å²) in [4.78, 5) is 13.6. The Kier molecular flexibility index (Phi) is 4.37. The highest BCUT2D eigenvalue weighted by atomic mass is 32.1. The second-order valence-corrected chi connectivity index (χ2v) is 6.01. The third-order valence-corrected chi connectivity index (χ3v) is 4.11. The minimum atomic E-state index is -4.37. The lowest BCUT2D eigenvalue weighted by Gasteiger charge is -2.09. The van der Waals surface area contributed by atoms with Crippen LogP contribution in [0.4, 0.5) is 13.2 Å². The molecule has 0 radical (unpaired) electrons. The van der Waals surface area contributed by atoms with Gasteiger partial charge in [0.05, 0.1) is 10.4 Å². The lowest BCUT2D eigenvalue weighted by atomic mass is 10.1. The van der Waals surface area contributed by atoms with E-state index in [0.29, 0.717) is 10.4 Å². The highest BCUT2D eigenvalue weighted by molar-refractivity contribution is 7.14. The van der Waals surface area contributed by atoms with Gasteiger partial charge in [-0.1, -0.05) is 12.1 Å². The molecule has 0 saturated carbocycles. The maximum atomic E-state index is 12.6. The van der Waals surface area contributed by atoms with Crippen molar-refractivity contribution in [3.63, 3.8) is 0 Å². The zero-order valence-electron chi connectivity index (χ0n) is 11.5. The second kappa shape index (κ2) is 5.89. The molecule has 0 aliphatic rings. The number of amides is 1. The molecule has 1 heterocycles. The van der Waals surface area contributed by atoms with Gasteiger partial charge in [0.1, 0.15) is 0 Å². The van der Waals surface area contributed by atoms with Crippen molar-refractivity contribution < 1.29 is 18.0 Å². The molecule has 1 aromatic heterocycles. The maximum Gasteiger partial charge on any atom is 0.416 e. The van der Waals surface area contributed by atoms with Crippen molar-refractivity contribution in [2.24, 2.45) is 0 Å². The molecule has 0 atom stereocenters. The number of carbonyl (C=O) groups excluding carboxylic acids is 1. The molecular weight excluding hydrogens is 299 g/mol. The third kappa shape index (κ3) is 3.85. The summed E-state index contributed by atoms with van der Waals surface area (Å²) in [6, 6.07) is 6.86. The van der Waals surface area contributed by atoms with Gasteiger partial charge in [-0.05, 0) is 43.2 Å². The van der Waals surface area contributed by atoms with E-state index in [-0.39, 0.29) is 12.5 Å². The minimum absolute atomic E-state index is 0.0686. The summed E-state index contributed by atoms with van der Waals surface area (Å²) in [7, 11) is 0. The topological polar surface area (TPSA) is 29.1 Å². The minimum Gasteiger partial charge on any atom is -0.347 e. The molecule has 1 aromatic carbocycles. The van der Waals surface area contributed by atoms with Crippen LogP contribution in [0.3, 0.4) is 0 Å². The normalized spacial score (nSPS) is 11.5. The number of hydrogen-bond acceptors (Lipinski definition) is 2. The Labute approximate surface area is 124 Å². The van der Waals surface area contributed by atoms with E-state index >= 15 is 0 Å². The Morgan fingerprint density at radius 1 is 1.24 bits per heavy atom. The van der Waals surface area contributed by atoms with E-state index in [9.17, 15) is 18.0 Å². The van der Waals surface area contributed by atoms with Gasteiger partial charge in [-0.25, -0.2) is 0 Å². The summed E-state index contributed by atoms with van der Waals surface area (Å²) in [6.45, 7) is 3.81. The Bertz CT molecular complexity index is 661. The number of carbonyl (C=O) groups is 1. The highest BCUT2D eigenvalue weighted by Gasteiger charge is 2.30. The molecule has 6 heteroatoms. The Hall–Kier alpha value is -1.82. The van der Waals surface area contributed by atoms with Crippen LogP contribution in [0, 0.1) is 13.8 Å². The van der Waals surface area contributed by atoms with Gasteiger partial charge in [-0.3, -0.25) is 4.79 Å². The van der Waals surface area contributed by atoms with Crippen molar-refractivity contribution in [3.05, 3.63) is 56.8 Å². The molecule has 0 aliphatic carbocycles. The fourth-order valence-electron chi connectivity index (χ4n) is 1.99. The molecule has 1 amide bonds. The molecule has 2 aromatic rings. The summed E-state index contributed by atoms with van der Waals surface area (Å²) < 4.78 is 37.8. The number of aryl methyl sites for hydroxylation is 2. The molecule has 2 nitrogen and oxygen atoms in total. The van der Waals surface area contributed by atoms with Crippen molar-refractivity contribution in [1.82, 2.24) is 5.32 Å². The van der Waals surface area contributed by atoms with Crippen LogP contribution in [0.5, 0.6) is 0 Å². The zero-order chi connectivity index (χ0) is 15.6. The fourth-order valence-corrected chi connectivity index (χ4v) is 2.93. The Morgan fingerprint density at radius 2 is 1.95 bits per heavy atom. The Morgan fingerprint density at radius 3 is 2.52 bits per heavy atom. The summed E-state index contributed by atoms with van der Waals surface area (Å²) in [5, 5.41) is 2.65. The second-order valence-electron chi connectivity index (χ2n) is 4.75. The lowest BCUT2D eigenvalue weighted by molar-refractivity contribution is -0.137. The van der Waals surface area contributed by atoms with Gasteiger partial charge in [0.25, 0.3) is 5.91 Å². The van der Waals surface area contributed by atoms with Crippen LogP contribution >= 0.6 is 11.3 Å². The van der Waals surface area contributed by atoms with E-state index in [2.05, 4.69) is 5.32 Å². The Balaban J connectivity index is 2.07. The number of thiophene rings is 1. The van der Waals surface area contributed by atoms with E-state index in [0.717, 1.165) is 22.6 Å². The van der Waals surface area contributed by atoms with E-state index in [4.69, 9.17) is 0 Å². The van der Waals surface area contributed by atoms with Crippen molar-refractivity contribution in [1.29, 1.82) is 0 Å². The first-order chi connectivity index (χ1) is 9.77. The molecule has 21 heavy (non-hydrogen) atoms. The van der Waals surface area contributed by atoms with Crippen molar-refractivity contribution in [2.75, 3.05) is 0 Å². The van der Waals surface area contributed by atoms with Gasteiger partial charge in [-0.2, -0.15) is 13.2 Å². The van der Waals surface area contributed by atoms with Crippen LogP contribution in [-0.2, 0) is 12.7 Å². The van der Waals surface area contributed by atoms with Gasteiger partial charge >= 0.3 is 6.18 Å². The molecule has 2 rings (SSSR count). The lowest BCUT2D eigenvalue weighted by Crippen LogP contribution is -2.22. The first-order valence-corrected chi connectivity index (χ1v) is 7.10. The monoisotopic (exact) mass is 313 g/mol. The number of nitrogens with one attached hydrogen (secondary N) is 1. The average molecular weight is 313 g/mol. The van der Waals surface area contributed by atoms with Crippen molar-refractivity contribution >= 4 is 17.2 Å². The van der Waals surface area contributed by atoms with E-state index < -0.39 is 11.7 Å². The number of halogens is 3. The van der Waals surface area contributed by atoms with E-state index in [1.54, 1.807) is 6.07 Å². The van der Waals surface area contributed by atoms with Crippen molar-refractivity contribution in [3.8, 4) is 0 Å². The van der Waals surface area contributed by atoms with Gasteiger partial charge in [0, 0.05) is 11.4 Å². The van der Waals surface area contributed by atoms with E-state index in [1.165, 1.54) is 17.4 Å². The number of rotatable bonds is 3. The number of alkyl halides is 3. The SMILES string of the molecule is Cc1cc(C)c(C(=O)NCc2cccc(C(F)(F)F)c2)s1. The predicted octanol–water partition coefficient (Wildman–Crippen LogP) is 4.31. The molecule has 0 bridgehead atoms. The van der Waals surface area contributed by atoms with Gasteiger partial charge in [-0.15, -0.1) is 11.3 Å². The predicted molar refractivity (Wildman–Crippen MR) is 76.4 cm³/mol. The molecular formula is C15H14F3NOS. The van der Waals surface area contributed by atoms with Gasteiger partial charge < -0.3 is 5.32 Å². The number of benzene rings is 1. The van der Waals surface area contributed by atoms with Crippen LogP contribution in [0.1, 0.15) is 31.2 Å². The zero-order valence-corrected chi connectivity index (χ0v) is 12.4. The van der Waals surface area contributed by atoms with Crippen LogP contribution < -0.4 is 5.32 Å². The summed E-state index contributed by atoms with van der Waals surface area (Å²) in [5.74, 6) is -0.261. The third-order valence-electron chi connectivity index (χ3n) is 2.95. The van der Waals surface area contributed by atoms with Crippen LogP contribution in [0.15, 0.2) is 30.3 Å². The van der Waals surface area contributed by atoms with E-state index in [1.807, 2.05) is 19.9 Å². The summed E-state index contributed by atoms with van der Waals surface area (Å²) in [6.07, 6.45) is -4.37. The fraction of sp³-hybridized carbons (Fsp3) is 0.267. The van der Waals surface area contributed by atoms with Gasteiger partial charge in [0.15, 0.2) is 0 Å². The molecule has 0 fully saturated rings. The first kappa shape index (κ1) is 15.6. The molecule has 0 spiro atoms. The molecule has 0 saturated heterocycles. The molecule has 112 valence electrons. The highest BCUT2D eigenvalue weighted by Crippen LogP contribution is 2.29.